The van der Waals surface area contributed by atoms with E-state index in [4.69, 9.17) is 14.2 Å². The molecule has 0 saturated carbocycles. The Hall–Kier alpha value is -2.21. The Kier molecular flexibility index (Phi) is 14.3. The van der Waals surface area contributed by atoms with Crippen molar-refractivity contribution in [2.75, 3.05) is 19.8 Å². The van der Waals surface area contributed by atoms with Gasteiger partial charge in [0.2, 0.25) is 0 Å². The normalized spacial score (nSPS) is 10.6. The highest BCUT2D eigenvalue weighted by atomic mass is 16.6. The van der Waals surface area contributed by atoms with Gasteiger partial charge in [-0.2, -0.15) is 0 Å². The first kappa shape index (κ1) is 25.8. The number of esters is 2. The molecule has 168 valence electrons. The van der Waals surface area contributed by atoms with Gasteiger partial charge in [-0.05, 0) is 25.5 Å². The number of ether oxygens (including phenoxy) is 3. The van der Waals surface area contributed by atoms with E-state index in [-0.39, 0.29) is 24.7 Å². The minimum Gasteiger partial charge on any atom is -0.464 e. The number of Topliss-reactive ketones (excluding diaryl/α,β-unsaturated/α-hetero) is 1. The largest absolute Gasteiger partial charge is 0.464 e. The lowest BCUT2D eigenvalue weighted by molar-refractivity contribution is -0.152. The summed E-state index contributed by atoms with van der Waals surface area (Å²) in [5, 5.41) is 0. The lowest BCUT2D eigenvalue weighted by Gasteiger charge is -2.08. The maximum absolute atomic E-state index is 11.8. The van der Waals surface area contributed by atoms with Crippen LogP contribution < -0.4 is 4.74 Å². The number of ketones is 1. The molecular weight excluding hydrogens is 384 g/mol. The first-order valence-electron chi connectivity index (χ1n) is 11.1. The van der Waals surface area contributed by atoms with Gasteiger partial charge >= 0.3 is 11.9 Å². The number of unbranched alkanes of at least 4 members (excludes halogenated alkanes) is 9. The molecule has 30 heavy (non-hydrogen) atoms. The van der Waals surface area contributed by atoms with Crippen LogP contribution in [0.15, 0.2) is 24.3 Å². The van der Waals surface area contributed by atoms with E-state index in [0.717, 1.165) is 19.3 Å². The van der Waals surface area contributed by atoms with Crippen LogP contribution in [0.5, 0.6) is 5.75 Å². The van der Waals surface area contributed by atoms with Gasteiger partial charge in [-0.1, -0.05) is 76.8 Å². The summed E-state index contributed by atoms with van der Waals surface area (Å²) in [5.74, 6) is -1.19. The van der Waals surface area contributed by atoms with Gasteiger partial charge in [-0.3, -0.25) is 4.79 Å². The molecule has 0 amide bonds. The van der Waals surface area contributed by atoms with Gasteiger partial charge in [0.25, 0.3) is 0 Å². The van der Waals surface area contributed by atoms with E-state index in [0.29, 0.717) is 12.2 Å². The van der Waals surface area contributed by atoms with Crippen LogP contribution in [0.2, 0.25) is 0 Å². The van der Waals surface area contributed by atoms with Crippen LogP contribution in [0.3, 0.4) is 0 Å². The number of hydrogen-bond donors (Lipinski definition) is 0. The summed E-state index contributed by atoms with van der Waals surface area (Å²) in [5.41, 5.74) is 0.321. The third-order valence-corrected chi connectivity index (χ3v) is 4.69. The van der Waals surface area contributed by atoms with E-state index >= 15 is 0 Å². The summed E-state index contributed by atoms with van der Waals surface area (Å²) in [6.45, 7) is 3.30. The molecule has 1 rings (SSSR count). The predicted molar refractivity (Wildman–Crippen MR) is 116 cm³/mol. The number of para-hydroxylation sites is 1. The number of carbonyl (C=O) groups excluding carboxylic acids is 3. The van der Waals surface area contributed by atoms with Gasteiger partial charge in [0.15, 0.2) is 5.78 Å². The summed E-state index contributed by atoms with van der Waals surface area (Å²) in [4.78, 5) is 35.0. The molecule has 0 N–H and O–H groups in total. The third kappa shape index (κ3) is 12.4. The highest BCUT2D eigenvalue weighted by Gasteiger charge is 2.13. The topological polar surface area (TPSA) is 78.9 Å². The fourth-order valence-corrected chi connectivity index (χ4v) is 3.03. The van der Waals surface area contributed by atoms with Gasteiger partial charge in [0.05, 0.1) is 12.2 Å². The average molecular weight is 421 g/mol. The molecule has 0 aliphatic rings. The lowest BCUT2D eigenvalue weighted by atomic mass is 10.1. The van der Waals surface area contributed by atoms with Crippen LogP contribution in [0.4, 0.5) is 0 Å². The molecule has 6 heteroatoms. The summed E-state index contributed by atoms with van der Waals surface area (Å²) in [6.07, 6.45) is 12.2. The predicted octanol–water partition coefficient (Wildman–Crippen LogP) is 5.28. The van der Waals surface area contributed by atoms with Gasteiger partial charge < -0.3 is 14.2 Å². The molecule has 0 aromatic heterocycles. The molecule has 0 heterocycles. The second kappa shape index (κ2) is 16.6. The van der Waals surface area contributed by atoms with Crippen molar-refractivity contribution in [2.45, 2.75) is 78.1 Å². The van der Waals surface area contributed by atoms with Crippen LogP contribution in [-0.2, 0) is 19.1 Å². The van der Waals surface area contributed by atoms with Crippen molar-refractivity contribution in [3.05, 3.63) is 29.8 Å². The second-order valence-electron chi connectivity index (χ2n) is 7.42. The van der Waals surface area contributed by atoms with E-state index in [1.54, 1.807) is 18.2 Å². The van der Waals surface area contributed by atoms with Crippen LogP contribution in [0.1, 0.15) is 88.4 Å². The molecule has 0 aliphatic heterocycles. The van der Waals surface area contributed by atoms with Crippen LogP contribution in [0.25, 0.3) is 0 Å². The monoisotopic (exact) mass is 420 g/mol. The van der Waals surface area contributed by atoms with E-state index < -0.39 is 11.9 Å². The number of hydrogen-bond acceptors (Lipinski definition) is 6. The molecule has 0 atom stereocenters. The number of benzene rings is 1. The fourth-order valence-electron chi connectivity index (χ4n) is 3.03. The molecule has 0 unspecified atom stereocenters. The third-order valence-electron chi connectivity index (χ3n) is 4.69. The SMILES string of the molecule is CCCCCCCCCCCCOC(=O)COCC(=O)Oc1ccccc1C(C)=O. The highest BCUT2D eigenvalue weighted by molar-refractivity contribution is 5.97. The molecule has 0 saturated heterocycles. The molecule has 6 nitrogen and oxygen atoms in total. The molecule has 0 aliphatic carbocycles. The molecule has 1 aromatic rings. The van der Waals surface area contributed by atoms with Crippen molar-refractivity contribution >= 4 is 17.7 Å². The van der Waals surface area contributed by atoms with Crippen molar-refractivity contribution in [1.29, 1.82) is 0 Å². The van der Waals surface area contributed by atoms with Gasteiger partial charge in [0, 0.05) is 0 Å². The summed E-state index contributed by atoms with van der Waals surface area (Å²) < 4.78 is 15.3. The molecular formula is C24H36O6. The summed E-state index contributed by atoms with van der Waals surface area (Å²) >= 11 is 0. The lowest BCUT2D eigenvalue weighted by Crippen LogP contribution is -2.21. The number of carbonyl (C=O) groups is 3. The summed E-state index contributed by atoms with van der Waals surface area (Å²) in [6, 6.07) is 6.47. The van der Waals surface area contributed by atoms with E-state index in [9.17, 15) is 14.4 Å². The minimum atomic E-state index is -0.675. The van der Waals surface area contributed by atoms with Crippen molar-refractivity contribution in [3.8, 4) is 5.75 Å². The molecule has 0 radical (unpaired) electrons. The van der Waals surface area contributed by atoms with E-state index in [2.05, 4.69) is 6.92 Å². The van der Waals surface area contributed by atoms with Gasteiger partial charge in [0.1, 0.15) is 19.0 Å². The Balaban J connectivity index is 2.02. The van der Waals surface area contributed by atoms with Gasteiger partial charge in [-0.15, -0.1) is 0 Å². The average Bonchev–Trinajstić information content (AvgIpc) is 2.72. The van der Waals surface area contributed by atoms with Crippen molar-refractivity contribution in [2.24, 2.45) is 0 Å². The standard InChI is InChI=1S/C24H36O6/c1-3-4-5-6-7-8-9-10-11-14-17-29-23(26)18-28-19-24(27)30-22-16-13-12-15-21(22)20(2)25/h12-13,15-16H,3-11,14,17-19H2,1-2H3. The zero-order valence-corrected chi connectivity index (χ0v) is 18.5. The van der Waals surface area contributed by atoms with E-state index in [1.807, 2.05) is 0 Å². The molecule has 1 aromatic carbocycles. The Bertz CT molecular complexity index is 640. The summed E-state index contributed by atoms with van der Waals surface area (Å²) in [7, 11) is 0. The molecule has 0 fully saturated rings. The maximum Gasteiger partial charge on any atom is 0.337 e. The number of rotatable bonds is 17. The second-order valence-corrected chi connectivity index (χ2v) is 7.42. The van der Waals surface area contributed by atoms with Crippen molar-refractivity contribution in [1.82, 2.24) is 0 Å². The quantitative estimate of drug-likeness (QED) is 0.148. The Morgan fingerprint density at radius 2 is 1.33 bits per heavy atom. The highest BCUT2D eigenvalue weighted by Crippen LogP contribution is 2.18. The van der Waals surface area contributed by atoms with Crippen LogP contribution in [0, 0.1) is 0 Å². The maximum atomic E-state index is 11.8. The first-order valence-corrected chi connectivity index (χ1v) is 11.1. The minimum absolute atomic E-state index is 0.183. The Morgan fingerprint density at radius 1 is 0.767 bits per heavy atom. The fraction of sp³-hybridized carbons (Fsp3) is 0.625. The smallest absolute Gasteiger partial charge is 0.337 e. The van der Waals surface area contributed by atoms with Crippen LogP contribution in [-0.4, -0.2) is 37.5 Å². The van der Waals surface area contributed by atoms with Crippen molar-refractivity contribution < 1.29 is 28.6 Å². The molecule has 0 spiro atoms. The molecule has 0 bridgehead atoms. The van der Waals surface area contributed by atoms with Crippen LogP contribution >= 0.6 is 0 Å². The first-order chi connectivity index (χ1) is 14.5. The Labute approximate surface area is 180 Å². The Morgan fingerprint density at radius 3 is 1.97 bits per heavy atom. The zero-order chi connectivity index (χ0) is 22.0. The zero-order valence-electron chi connectivity index (χ0n) is 18.5. The van der Waals surface area contributed by atoms with E-state index in [1.165, 1.54) is 57.9 Å². The van der Waals surface area contributed by atoms with Crippen molar-refractivity contribution in [3.63, 3.8) is 0 Å². The van der Waals surface area contributed by atoms with Gasteiger partial charge in [-0.25, -0.2) is 9.59 Å².